The zero-order chi connectivity index (χ0) is 7.56. The largest absolute Gasteiger partial charge is 0.118 e. The molecule has 0 fully saturated rings. The second-order valence-electron chi connectivity index (χ2n) is 2.49. The van der Waals surface area contributed by atoms with Crippen LogP contribution in [0.25, 0.3) is 0 Å². The molecule has 0 heterocycles. The third-order valence-corrected chi connectivity index (χ3v) is 2.02. The molecular formula is C9H11Cl. The fraction of sp³-hybridized carbons (Fsp3) is 0.333. The SMILES string of the molecule is C=CC1=C(C)C=CC(Cl)C1. The van der Waals surface area contributed by atoms with Gasteiger partial charge in [-0.1, -0.05) is 24.8 Å². The van der Waals surface area contributed by atoms with Crippen LogP contribution >= 0.6 is 11.6 Å². The molecule has 0 radical (unpaired) electrons. The van der Waals surface area contributed by atoms with Crippen molar-refractivity contribution >= 4 is 11.6 Å². The Labute approximate surface area is 66.9 Å². The Balaban J connectivity index is 2.83. The Kier molecular flexibility index (Phi) is 2.34. The Morgan fingerprint density at radius 1 is 1.80 bits per heavy atom. The van der Waals surface area contributed by atoms with E-state index in [-0.39, 0.29) is 5.38 Å². The maximum absolute atomic E-state index is 5.89. The Hall–Kier alpha value is -0.490. The molecule has 0 N–H and O–H groups in total. The summed E-state index contributed by atoms with van der Waals surface area (Å²) < 4.78 is 0. The molecular weight excluding hydrogens is 144 g/mol. The minimum atomic E-state index is 0.164. The van der Waals surface area contributed by atoms with Crippen molar-refractivity contribution in [3.63, 3.8) is 0 Å². The molecule has 0 spiro atoms. The third kappa shape index (κ3) is 1.51. The number of hydrogen-bond acceptors (Lipinski definition) is 0. The van der Waals surface area contributed by atoms with Crippen molar-refractivity contribution < 1.29 is 0 Å². The molecule has 0 aromatic carbocycles. The highest BCUT2D eigenvalue weighted by molar-refractivity contribution is 6.22. The van der Waals surface area contributed by atoms with Crippen molar-refractivity contribution in [3.05, 3.63) is 36.0 Å². The summed E-state index contributed by atoms with van der Waals surface area (Å²) in [6.45, 7) is 5.80. The van der Waals surface area contributed by atoms with Crippen molar-refractivity contribution in [2.24, 2.45) is 0 Å². The Bertz CT molecular complexity index is 199. The van der Waals surface area contributed by atoms with Crippen LogP contribution in [0.1, 0.15) is 13.3 Å². The van der Waals surface area contributed by atoms with Gasteiger partial charge >= 0.3 is 0 Å². The zero-order valence-corrected chi connectivity index (χ0v) is 6.86. The van der Waals surface area contributed by atoms with E-state index in [0.717, 1.165) is 6.42 Å². The summed E-state index contributed by atoms with van der Waals surface area (Å²) in [5.41, 5.74) is 2.55. The summed E-state index contributed by atoms with van der Waals surface area (Å²) in [4.78, 5) is 0. The molecule has 1 aliphatic carbocycles. The molecule has 0 amide bonds. The van der Waals surface area contributed by atoms with E-state index in [4.69, 9.17) is 11.6 Å². The van der Waals surface area contributed by atoms with E-state index in [0.29, 0.717) is 0 Å². The van der Waals surface area contributed by atoms with Gasteiger partial charge in [0.25, 0.3) is 0 Å². The number of allylic oxidation sites excluding steroid dienone is 5. The van der Waals surface area contributed by atoms with Gasteiger partial charge in [-0.15, -0.1) is 11.6 Å². The van der Waals surface area contributed by atoms with Gasteiger partial charge < -0.3 is 0 Å². The van der Waals surface area contributed by atoms with Gasteiger partial charge in [-0.25, -0.2) is 0 Å². The van der Waals surface area contributed by atoms with Gasteiger partial charge in [0.2, 0.25) is 0 Å². The lowest BCUT2D eigenvalue weighted by molar-refractivity contribution is 0.977. The number of rotatable bonds is 1. The van der Waals surface area contributed by atoms with Crippen molar-refractivity contribution in [1.82, 2.24) is 0 Å². The van der Waals surface area contributed by atoms with Gasteiger partial charge in [-0.05, 0) is 24.5 Å². The first kappa shape index (κ1) is 7.62. The standard InChI is InChI=1S/C9H11Cl/c1-3-8-6-9(10)5-4-7(8)2/h3-5,9H,1,6H2,2H3. The molecule has 0 saturated heterocycles. The molecule has 0 aromatic rings. The van der Waals surface area contributed by atoms with Crippen LogP contribution in [0.2, 0.25) is 0 Å². The molecule has 0 nitrogen and oxygen atoms in total. The molecule has 1 aliphatic rings. The van der Waals surface area contributed by atoms with Crippen LogP contribution in [0.15, 0.2) is 36.0 Å². The van der Waals surface area contributed by atoms with E-state index in [2.05, 4.69) is 19.6 Å². The predicted molar refractivity (Wildman–Crippen MR) is 46.3 cm³/mol. The Morgan fingerprint density at radius 2 is 2.50 bits per heavy atom. The predicted octanol–water partition coefficient (Wildman–Crippen LogP) is 3.06. The van der Waals surface area contributed by atoms with E-state index in [9.17, 15) is 0 Å². The normalized spacial score (nSPS) is 25.2. The lowest BCUT2D eigenvalue weighted by Gasteiger charge is -2.12. The maximum atomic E-state index is 5.89. The van der Waals surface area contributed by atoms with Crippen molar-refractivity contribution in [1.29, 1.82) is 0 Å². The minimum absolute atomic E-state index is 0.164. The minimum Gasteiger partial charge on any atom is -0.118 e. The third-order valence-electron chi connectivity index (χ3n) is 1.72. The summed E-state index contributed by atoms with van der Waals surface area (Å²) in [5, 5.41) is 0.164. The van der Waals surface area contributed by atoms with Crippen LogP contribution in [0.4, 0.5) is 0 Å². The molecule has 1 atom stereocenters. The van der Waals surface area contributed by atoms with E-state index < -0.39 is 0 Å². The van der Waals surface area contributed by atoms with Crippen LogP contribution in [0.5, 0.6) is 0 Å². The van der Waals surface area contributed by atoms with E-state index >= 15 is 0 Å². The van der Waals surface area contributed by atoms with Gasteiger partial charge in [0.15, 0.2) is 0 Å². The number of halogens is 1. The average molecular weight is 155 g/mol. The molecule has 0 aliphatic heterocycles. The molecule has 1 unspecified atom stereocenters. The van der Waals surface area contributed by atoms with Crippen molar-refractivity contribution in [3.8, 4) is 0 Å². The van der Waals surface area contributed by atoms with Crippen molar-refractivity contribution in [2.75, 3.05) is 0 Å². The second-order valence-corrected chi connectivity index (χ2v) is 3.05. The summed E-state index contributed by atoms with van der Waals surface area (Å²) >= 11 is 5.89. The van der Waals surface area contributed by atoms with Crippen LogP contribution in [0, 0.1) is 0 Å². The van der Waals surface area contributed by atoms with E-state index in [1.807, 2.05) is 12.2 Å². The molecule has 0 aromatic heterocycles. The molecule has 0 saturated carbocycles. The lowest BCUT2D eigenvalue weighted by Crippen LogP contribution is -2.01. The molecule has 1 rings (SSSR count). The zero-order valence-electron chi connectivity index (χ0n) is 6.10. The van der Waals surface area contributed by atoms with Gasteiger partial charge in [0.05, 0.1) is 5.38 Å². The van der Waals surface area contributed by atoms with E-state index in [1.165, 1.54) is 11.1 Å². The molecule has 10 heavy (non-hydrogen) atoms. The molecule has 0 bridgehead atoms. The summed E-state index contributed by atoms with van der Waals surface area (Å²) in [6, 6.07) is 0. The van der Waals surface area contributed by atoms with Crippen LogP contribution < -0.4 is 0 Å². The monoisotopic (exact) mass is 154 g/mol. The smallest absolute Gasteiger partial charge is 0.0559 e. The first-order valence-corrected chi connectivity index (χ1v) is 3.82. The number of hydrogen-bond donors (Lipinski definition) is 0. The summed E-state index contributed by atoms with van der Waals surface area (Å²) in [5.74, 6) is 0. The van der Waals surface area contributed by atoms with Crippen LogP contribution in [-0.2, 0) is 0 Å². The fourth-order valence-electron chi connectivity index (χ4n) is 1.04. The van der Waals surface area contributed by atoms with Crippen molar-refractivity contribution in [2.45, 2.75) is 18.7 Å². The first-order chi connectivity index (χ1) is 4.74. The van der Waals surface area contributed by atoms with Gasteiger partial charge in [-0.2, -0.15) is 0 Å². The number of alkyl halides is 1. The van der Waals surface area contributed by atoms with Gasteiger partial charge in [-0.3, -0.25) is 0 Å². The second kappa shape index (κ2) is 3.07. The topological polar surface area (TPSA) is 0 Å². The lowest BCUT2D eigenvalue weighted by atomic mass is 9.99. The van der Waals surface area contributed by atoms with Crippen LogP contribution in [-0.4, -0.2) is 5.38 Å². The van der Waals surface area contributed by atoms with Crippen LogP contribution in [0.3, 0.4) is 0 Å². The van der Waals surface area contributed by atoms with Gasteiger partial charge in [0, 0.05) is 0 Å². The van der Waals surface area contributed by atoms with Gasteiger partial charge in [0.1, 0.15) is 0 Å². The summed E-state index contributed by atoms with van der Waals surface area (Å²) in [6.07, 6.45) is 6.88. The highest BCUT2D eigenvalue weighted by atomic mass is 35.5. The molecule has 54 valence electrons. The summed E-state index contributed by atoms with van der Waals surface area (Å²) in [7, 11) is 0. The highest BCUT2D eigenvalue weighted by Crippen LogP contribution is 2.22. The molecule has 1 heteroatoms. The Morgan fingerprint density at radius 3 is 3.00 bits per heavy atom. The van der Waals surface area contributed by atoms with E-state index in [1.54, 1.807) is 0 Å². The average Bonchev–Trinajstić information content (AvgIpc) is 1.94. The maximum Gasteiger partial charge on any atom is 0.0559 e. The first-order valence-electron chi connectivity index (χ1n) is 3.38. The fourth-order valence-corrected chi connectivity index (χ4v) is 1.28. The quantitative estimate of drug-likeness (QED) is 0.510. The highest BCUT2D eigenvalue weighted by Gasteiger charge is 2.08.